The van der Waals surface area contributed by atoms with Gasteiger partial charge in [0.15, 0.2) is 16.4 Å². The third-order valence-electron chi connectivity index (χ3n) is 3.57. The van der Waals surface area contributed by atoms with Crippen molar-refractivity contribution in [2.45, 2.75) is 32.9 Å². The molecule has 0 spiro atoms. The van der Waals surface area contributed by atoms with Gasteiger partial charge >= 0.3 is 0 Å². The number of rotatable bonds is 7. The van der Waals surface area contributed by atoms with E-state index >= 15 is 0 Å². The number of nitrogens with one attached hydrogen (secondary N) is 1. The first-order valence-electron chi connectivity index (χ1n) is 7.80. The van der Waals surface area contributed by atoms with Gasteiger partial charge in [0.05, 0.1) is 0 Å². The molecule has 2 heterocycles. The molecular weight excluding hydrogens is 390 g/mol. The van der Waals surface area contributed by atoms with Gasteiger partial charge in [-0.15, -0.1) is 0 Å². The number of nitrogens with zero attached hydrogens (tertiary/aromatic N) is 2. The molecule has 0 amide bonds. The molecule has 0 aliphatic heterocycles. The van der Waals surface area contributed by atoms with E-state index < -0.39 is 0 Å². The Hall–Kier alpha value is -1.86. The van der Waals surface area contributed by atoms with Crippen molar-refractivity contribution in [3.63, 3.8) is 0 Å². The number of hydrogen-bond acceptors (Lipinski definition) is 4. The van der Waals surface area contributed by atoms with E-state index in [2.05, 4.69) is 33.1 Å². The predicted octanol–water partition coefficient (Wildman–Crippen LogP) is 5.34. The highest BCUT2D eigenvalue weighted by Gasteiger charge is 2.13. The number of aromatic nitrogens is 3. The Morgan fingerprint density at radius 3 is 2.79 bits per heavy atom. The minimum absolute atomic E-state index is 0.363. The summed E-state index contributed by atoms with van der Waals surface area (Å²) < 4.78 is 15.2. The number of unbranched alkanes of at least 4 members (excludes halogenated alkanes) is 1. The first kappa shape index (κ1) is 17.0. The first-order chi connectivity index (χ1) is 11.7. The fraction of sp³-hybridized carbons (Fsp3) is 0.294. The zero-order valence-corrected chi connectivity index (χ0v) is 15.7. The van der Waals surface area contributed by atoms with Gasteiger partial charge in [0.25, 0.3) is 0 Å². The molecule has 0 saturated heterocycles. The van der Waals surface area contributed by atoms with Crippen LogP contribution in [-0.4, -0.2) is 14.8 Å². The molecule has 0 aliphatic carbocycles. The topological polar surface area (TPSA) is 56.0 Å². The zero-order chi connectivity index (χ0) is 16.9. The lowest BCUT2D eigenvalue weighted by Gasteiger charge is -2.05. The highest BCUT2D eigenvalue weighted by atomic mass is 79.9. The molecule has 0 fully saturated rings. The Bertz CT molecular complexity index is 851. The van der Waals surface area contributed by atoms with Gasteiger partial charge in [-0.1, -0.05) is 29.3 Å². The largest absolute Gasteiger partial charge is 0.486 e. The second kappa shape index (κ2) is 7.81. The molecule has 3 aromatic rings. The summed E-state index contributed by atoms with van der Waals surface area (Å²) >= 11 is 8.70. The molecule has 0 saturated carbocycles. The molecule has 0 radical (unpaired) electrons. The van der Waals surface area contributed by atoms with Crippen LogP contribution in [0, 0.1) is 4.77 Å². The second-order valence-electron chi connectivity index (χ2n) is 5.37. The molecule has 126 valence electrons. The standard InChI is InChI=1S/C17H18BrN3O2S/c1-2-3-10-21-16(19-20-17(21)24)15-9-8-14(23-15)11-22-13-6-4-12(18)5-7-13/h4-9H,2-3,10-11H2,1H3,(H,20,24). The zero-order valence-electron chi connectivity index (χ0n) is 13.3. The summed E-state index contributed by atoms with van der Waals surface area (Å²) in [5.41, 5.74) is 0. The van der Waals surface area contributed by atoms with Crippen LogP contribution in [0.2, 0.25) is 0 Å². The lowest BCUT2D eigenvalue weighted by Crippen LogP contribution is -2.00. The number of hydrogen-bond donors (Lipinski definition) is 1. The first-order valence-corrected chi connectivity index (χ1v) is 9.00. The van der Waals surface area contributed by atoms with Gasteiger partial charge in [0.2, 0.25) is 0 Å². The van der Waals surface area contributed by atoms with Crippen molar-refractivity contribution in [1.82, 2.24) is 14.8 Å². The Balaban J connectivity index is 1.71. The molecule has 3 rings (SSSR count). The van der Waals surface area contributed by atoms with E-state index in [0.29, 0.717) is 17.1 Å². The lowest BCUT2D eigenvalue weighted by atomic mass is 10.3. The Kier molecular flexibility index (Phi) is 5.52. The molecule has 5 nitrogen and oxygen atoms in total. The summed E-state index contributed by atoms with van der Waals surface area (Å²) in [6.07, 6.45) is 2.14. The minimum atomic E-state index is 0.363. The summed E-state index contributed by atoms with van der Waals surface area (Å²) in [5, 5.41) is 7.12. The van der Waals surface area contributed by atoms with Gasteiger partial charge in [-0.2, -0.15) is 5.10 Å². The summed E-state index contributed by atoms with van der Waals surface area (Å²) in [6, 6.07) is 11.5. The van der Waals surface area contributed by atoms with Crippen LogP contribution in [0.1, 0.15) is 25.5 Å². The molecule has 1 N–H and O–H groups in total. The van der Waals surface area contributed by atoms with Gasteiger partial charge in [-0.3, -0.25) is 9.67 Å². The molecule has 2 aromatic heterocycles. The van der Waals surface area contributed by atoms with E-state index in [9.17, 15) is 0 Å². The second-order valence-corrected chi connectivity index (χ2v) is 6.67. The van der Waals surface area contributed by atoms with Crippen LogP contribution in [0.15, 0.2) is 45.3 Å². The fourth-order valence-electron chi connectivity index (χ4n) is 2.29. The number of ether oxygens (including phenoxy) is 1. The quantitative estimate of drug-likeness (QED) is 0.536. The molecular formula is C17H18BrN3O2S. The smallest absolute Gasteiger partial charge is 0.198 e. The molecule has 24 heavy (non-hydrogen) atoms. The van der Waals surface area contributed by atoms with E-state index in [4.69, 9.17) is 21.4 Å². The van der Waals surface area contributed by atoms with E-state index in [1.54, 1.807) is 0 Å². The fourth-order valence-corrected chi connectivity index (χ4v) is 2.78. The average Bonchev–Trinajstić information content (AvgIpc) is 3.19. The van der Waals surface area contributed by atoms with Crippen LogP contribution >= 0.6 is 28.1 Å². The van der Waals surface area contributed by atoms with Crippen molar-refractivity contribution in [2.75, 3.05) is 0 Å². The normalized spacial score (nSPS) is 10.9. The van der Waals surface area contributed by atoms with Gasteiger partial charge in [-0.05, 0) is 55.0 Å². The van der Waals surface area contributed by atoms with Crippen LogP contribution < -0.4 is 4.74 Å². The molecule has 0 unspecified atom stereocenters. The third kappa shape index (κ3) is 3.96. The van der Waals surface area contributed by atoms with Crippen molar-refractivity contribution >= 4 is 28.1 Å². The maximum atomic E-state index is 5.87. The average molecular weight is 408 g/mol. The summed E-state index contributed by atoms with van der Waals surface area (Å²) in [5.74, 6) is 2.95. The van der Waals surface area contributed by atoms with Crippen molar-refractivity contribution < 1.29 is 9.15 Å². The van der Waals surface area contributed by atoms with E-state index in [0.717, 1.165) is 41.2 Å². The molecule has 1 aromatic carbocycles. The highest BCUT2D eigenvalue weighted by molar-refractivity contribution is 9.10. The molecule has 7 heteroatoms. The number of furan rings is 1. The van der Waals surface area contributed by atoms with Crippen molar-refractivity contribution in [2.24, 2.45) is 0 Å². The number of H-pyrrole nitrogens is 1. The van der Waals surface area contributed by atoms with Crippen LogP contribution in [0.3, 0.4) is 0 Å². The van der Waals surface area contributed by atoms with Gasteiger partial charge in [-0.25, -0.2) is 0 Å². The van der Waals surface area contributed by atoms with Crippen LogP contribution in [0.5, 0.6) is 5.75 Å². The van der Waals surface area contributed by atoms with E-state index in [1.807, 2.05) is 41.0 Å². The van der Waals surface area contributed by atoms with E-state index in [1.165, 1.54) is 0 Å². The van der Waals surface area contributed by atoms with Crippen molar-refractivity contribution in [3.8, 4) is 17.3 Å². The predicted molar refractivity (Wildman–Crippen MR) is 98.5 cm³/mol. The Morgan fingerprint density at radius 2 is 2.04 bits per heavy atom. The monoisotopic (exact) mass is 407 g/mol. The number of aromatic amines is 1. The number of halogens is 1. The lowest BCUT2D eigenvalue weighted by molar-refractivity contribution is 0.271. The Morgan fingerprint density at radius 1 is 1.25 bits per heavy atom. The minimum Gasteiger partial charge on any atom is -0.486 e. The maximum absolute atomic E-state index is 5.87. The maximum Gasteiger partial charge on any atom is 0.198 e. The van der Waals surface area contributed by atoms with Gasteiger partial charge in [0.1, 0.15) is 18.1 Å². The van der Waals surface area contributed by atoms with Crippen molar-refractivity contribution in [1.29, 1.82) is 0 Å². The highest BCUT2D eigenvalue weighted by Crippen LogP contribution is 2.23. The third-order valence-corrected chi connectivity index (χ3v) is 4.41. The molecule has 0 atom stereocenters. The van der Waals surface area contributed by atoms with Crippen molar-refractivity contribution in [3.05, 3.63) is 51.4 Å². The SMILES string of the molecule is CCCCn1c(-c2ccc(COc3ccc(Br)cc3)o2)n[nH]c1=S. The van der Waals surface area contributed by atoms with Crippen LogP contribution in [0.4, 0.5) is 0 Å². The summed E-state index contributed by atoms with van der Waals surface area (Å²) in [7, 11) is 0. The Labute approximate surface area is 153 Å². The molecule has 0 aliphatic rings. The van der Waals surface area contributed by atoms with Crippen LogP contribution in [0.25, 0.3) is 11.6 Å². The summed E-state index contributed by atoms with van der Waals surface area (Å²) in [6.45, 7) is 3.34. The van der Waals surface area contributed by atoms with Gasteiger partial charge < -0.3 is 9.15 Å². The number of benzene rings is 1. The summed E-state index contributed by atoms with van der Waals surface area (Å²) in [4.78, 5) is 0. The van der Waals surface area contributed by atoms with Crippen LogP contribution in [-0.2, 0) is 13.2 Å². The van der Waals surface area contributed by atoms with Gasteiger partial charge in [0, 0.05) is 11.0 Å². The molecule has 0 bridgehead atoms. The van der Waals surface area contributed by atoms with E-state index in [-0.39, 0.29) is 0 Å².